The average Bonchev–Trinajstić information content (AvgIpc) is 2.37. The van der Waals surface area contributed by atoms with Crippen LogP contribution in [0.25, 0.3) is 0 Å². The quantitative estimate of drug-likeness (QED) is 0.921. The molecule has 0 bridgehead atoms. The van der Waals surface area contributed by atoms with Crippen molar-refractivity contribution in [3.05, 3.63) is 53.2 Å². The van der Waals surface area contributed by atoms with Crippen molar-refractivity contribution < 1.29 is 13.5 Å². The van der Waals surface area contributed by atoms with Gasteiger partial charge in [0, 0.05) is 24.4 Å². The van der Waals surface area contributed by atoms with E-state index in [1.165, 1.54) is 0 Å². The Kier molecular flexibility index (Phi) is 4.06. The van der Waals surface area contributed by atoms with E-state index in [2.05, 4.69) is 10.3 Å². The Hall–Kier alpha value is -2.01. The second-order valence-electron chi connectivity index (χ2n) is 4.17. The van der Waals surface area contributed by atoms with Gasteiger partial charge in [0.15, 0.2) is 11.6 Å². The third-order valence-corrected chi connectivity index (χ3v) is 2.57. The molecule has 0 aliphatic rings. The third kappa shape index (κ3) is 3.26. The zero-order valence-corrected chi connectivity index (χ0v) is 10.7. The Morgan fingerprint density at radius 3 is 2.74 bits per heavy atom. The molecule has 1 N–H and O–H groups in total. The molecular weight excluding hydrogens is 250 g/mol. The molecular formula is C14H14F2N2O. The number of hydrogen-bond donors (Lipinski definition) is 1. The minimum Gasteiger partial charge on any atom is -0.436 e. The monoisotopic (exact) mass is 264 g/mol. The minimum atomic E-state index is -0.623. The lowest BCUT2D eigenvalue weighted by molar-refractivity contribution is 0.419. The summed E-state index contributed by atoms with van der Waals surface area (Å²) in [7, 11) is 1.84. The number of rotatable bonds is 4. The maximum atomic E-state index is 13.5. The highest BCUT2D eigenvalue weighted by atomic mass is 19.1. The molecule has 0 amide bonds. The SMILES string of the molecule is CNCc1cnc(Oc2cc(F)ccc2F)c(C)c1. The first-order chi connectivity index (χ1) is 9.10. The van der Waals surface area contributed by atoms with Crippen LogP contribution in [0.1, 0.15) is 11.1 Å². The fourth-order valence-electron chi connectivity index (χ4n) is 1.69. The Morgan fingerprint density at radius 2 is 2.05 bits per heavy atom. The first-order valence-electron chi connectivity index (χ1n) is 5.83. The molecule has 1 aromatic heterocycles. The number of nitrogens with one attached hydrogen (secondary N) is 1. The Morgan fingerprint density at radius 1 is 1.26 bits per heavy atom. The molecule has 1 aromatic carbocycles. The summed E-state index contributed by atoms with van der Waals surface area (Å²) in [5.74, 6) is -1.08. The van der Waals surface area contributed by atoms with E-state index >= 15 is 0 Å². The number of pyridine rings is 1. The van der Waals surface area contributed by atoms with Gasteiger partial charge in [-0.3, -0.25) is 0 Å². The topological polar surface area (TPSA) is 34.2 Å². The van der Waals surface area contributed by atoms with Crippen molar-refractivity contribution in [1.29, 1.82) is 0 Å². The van der Waals surface area contributed by atoms with Crippen molar-refractivity contribution in [1.82, 2.24) is 10.3 Å². The maximum Gasteiger partial charge on any atom is 0.222 e. The number of ether oxygens (including phenoxy) is 1. The van der Waals surface area contributed by atoms with Crippen LogP contribution in [0, 0.1) is 18.6 Å². The van der Waals surface area contributed by atoms with Gasteiger partial charge < -0.3 is 10.1 Å². The zero-order chi connectivity index (χ0) is 13.8. The van der Waals surface area contributed by atoms with E-state index in [1.807, 2.05) is 13.1 Å². The lowest BCUT2D eigenvalue weighted by atomic mass is 10.2. The summed E-state index contributed by atoms with van der Waals surface area (Å²) in [6.45, 7) is 2.49. The predicted octanol–water partition coefficient (Wildman–Crippen LogP) is 3.18. The van der Waals surface area contributed by atoms with E-state index in [0.717, 1.165) is 29.3 Å². The van der Waals surface area contributed by atoms with Crippen LogP contribution in [-0.4, -0.2) is 12.0 Å². The fraction of sp³-hybridized carbons (Fsp3) is 0.214. The van der Waals surface area contributed by atoms with Crippen LogP contribution >= 0.6 is 0 Å². The van der Waals surface area contributed by atoms with Crippen molar-refractivity contribution in [3.8, 4) is 11.6 Å². The van der Waals surface area contributed by atoms with Crippen LogP contribution in [0.3, 0.4) is 0 Å². The fourth-order valence-corrected chi connectivity index (χ4v) is 1.69. The number of aryl methyl sites for hydroxylation is 1. The molecule has 100 valence electrons. The Labute approximate surface area is 110 Å². The van der Waals surface area contributed by atoms with Crippen molar-refractivity contribution in [2.24, 2.45) is 0 Å². The van der Waals surface area contributed by atoms with Crippen LogP contribution in [-0.2, 0) is 6.54 Å². The smallest absolute Gasteiger partial charge is 0.222 e. The standard InChI is InChI=1S/C14H14F2N2O/c1-9-5-10(7-17-2)8-18-14(9)19-13-6-11(15)3-4-12(13)16/h3-6,8,17H,7H2,1-2H3. The summed E-state index contributed by atoms with van der Waals surface area (Å²) in [6.07, 6.45) is 1.63. The summed E-state index contributed by atoms with van der Waals surface area (Å²) in [4.78, 5) is 4.11. The van der Waals surface area contributed by atoms with E-state index in [9.17, 15) is 8.78 Å². The zero-order valence-electron chi connectivity index (χ0n) is 10.7. The maximum absolute atomic E-state index is 13.5. The van der Waals surface area contributed by atoms with E-state index < -0.39 is 11.6 Å². The molecule has 2 aromatic rings. The number of nitrogens with zero attached hydrogens (tertiary/aromatic N) is 1. The van der Waals surface area contributed by atoms with E-state index in [-0.39, 0.29) is 11.6 Å². The van der Waals surface area contributed by atoms with Crippen molar-refractivity contribution in [2.75, 3.05) is 7.05 Å². The summed E-state index contributed by atoms with van der Waals surface area (Å²) in [5, 5.41) is 3.01. The first-order valence-corrected chi connectivity index (χ1v) is 5.83. The van der Waals surface area contributed by atoms with E-state index in [1.54, 1.807) is 13.1 Å². The van der Waals surface area contributed by atoms with Crippen LogP contribution in [0.4, 0.5) is 8.78 Å². The molecule has 0 atom stereocenters. The number of halogens is 2. The highest BCUT2D eigenvalue weighted by Crippen LogP contribution is 2.26. The second kappa shape index (κ2) is 5.75. The van der Waals surface area contributed by atoms with Crippen LogP contribution in [0.15, 0.2) is 30.5 Å². The molecule has 5 heteroatoms. The molecule has 0 unspecified atom stereocenters. The lowest BCUT2D eigenvalue weighted by Crippen LogP contribution is -2.06. The molecule has 0 fully saturated rings. The predicted molar refractivity (Wildman–Crippen MR) is 68.2 cm³/mol. The second-order valence-corrected chi connectivity index (χ2v) is 4.17. The molecule has 3 nitrogen and oxygen atoms in total. The third-order valence-electron chi connectivity index (χ3n) is 2.57. The molecule has 0 aliphatic heterocycles. The van der Waals surface area contributed by atoms with E-state index in [4.69, 9.17) is 4.74 Å². The number of hydrogen-bond acceptors (Lipinski definition) is 3. The molecule has 0 radical (unpaired) electrons. The molecule has 0 spiro atoms. The van der Waals surface area contributed by atoms with Gasteiger partial charge in [0.25, 0.3) is 0 Å². The summed E-state index contributed by atoms with van der Waals surface area (Å²) in [6, 6.07) is 4.95. The molecule has 0 aliphatic carbocycles. The molecule has 2 rings (SSSR count). The normalized spacial score (nSPS) is 10.5. The van der Waals surface area contributed by atoms with Gasteiger partial charge in [-0.15, -0.1) is 0 Å². The molecule has 1 heterocycles. The highest BCUT2D eigenvalue weighted by Gasteiger charge is 2.09. The first kappa shape index (κ1) is 13.4. The Balaban J connectivity index is 2.25. The van der Waals surface area contributed by atoms with Crippen molar-refractivity contribution in [2.45, 2.75) is 13.5 Å². The molecule has 19 heavy (non-hydrogen) atoms. The number of aromatic nitrogens is 1. The van der Waals surface area contributed by atoms with Gasteiger partial charge in [0.2, 0.25) is 5.88 Å². The van der Waals surface area contributed by atoms with Gasteiger partial charge in [-0.1, -0.05) is 0 Å². The summed E-state index contributed by atoms with van der Waals surface area (Å²) in [5.41, 5.74) is 1.75. The van der Waals surface area contributed by atoms with Gasteiger partial charge >= 0.3 is 0 Å². The van der Waals surface area contributed by atoms with Crippen LogP contribution < -0.4 is 10.1 Å². The minimum absolute atomic E-state index is 0.169. The van der Waals surface area contributed by atoms with Crippen molar-refractivity contribution >= 4 is 0 Å². The average molecular weight is 264 g/mol. The number of benzene rings is 1. The largest absolute Gasteiger partial charge is 0.436 e. The van der Waals surface area contributed by atoms with Crippen LogP contribution in [0.5, 0.6) is 11.6 Å². The Bertz CT molecular complexity index is 588. The van der Waals surface area contributed by atoms with E-state index in [0.29, 0.717) is 6.54 Å². The van der Waals surface area contributed by atoms with Crippen LogP contribution in [0.2, 0.25) is 0 Å². The van der Waals surface area contributed by atoms with Gasteiger partial charge in [0.1, 0.15) is 5.82 Å². The molecule has 0 saturated heterocycles. The van der Waals surface area contributed by atoms with Gasteiger partial charge in [-0.05, 0) is 37.7 Å². The summed E-state index contributed by atoms with van der Waals surface area (Å²) >= 11 is 0. The van der Waals surface area contributed by atoms with Gasteiger partial charge in [-0.25, -0.2) is 13.8 Å². The molecule has 0 saturated carbocycles. The van der Waals surface area contributed by atoms with Gasteiger partial charge in [-0.2, -0.15) is 0 Å². The summed E-state index contributed by atoms with van der Waals surface area (Å²) < 4.78 is 31.8. The lowest BCUT2D eigenvalue weighted by Gasteiger charge is -2.09. The van der Waals surface area contributed by atoms with Crippen molar-refractivity contribution in [3.63, 3.8) is 0 Å². The highest BCUT2D eigenvalue weighted by molar-refractivity contribution is 5.34. The van der Waals surface area contributed by atoms with Gasteiger partial charge in [0.05, 0.1) is 0 Å².